The highest BCUT2D eigenvalue weighted by molar-refractivity contribution is 5.88. The lowest BCUT2D eigenvalue weighted by Gasteiger charge is -2.39. The van der Waals surface area contributed by atoms with E-state index in [1.807, 2.05) is 0 Å². The highest BCUT2D eigenvalue weighted by atomic mass is 14.9. The molecule has 5 aliphatic carbocycles. The van der Waals surface area contributed by atoms with E-state index in [-0.39, 0.29) is 10.8 Å². The number of hydrogen-bond acceptors (Lipinski definition) is 2. The summed E-state index contributed by atoms with van der Waals surface area (Å²) in [6, 6.07) is 21.9. The summed E-state index contributed by atoms with van der Waals surface area (Å²) in [5, 5.41) is 0. The molecule has 5 aliphatic rings. The van der Waals surface area contributed by atoms with Crippen LogP contribution < -0.4 is 0 Å². The Morgan fingerprint density at radius 3 is 2.32 bits per heavy atom. The third-order valence-electron chi connectivity index (χ3n) is 11.2. The molecule has 2 nitrogen and oxygen atoms in total. The SMILES string of the molecule is CC1(C)C2=C(C=CCC2)C2(C)C=C(c3ccc(C4=CC(c5nc(-c6ccccc6)cc(C6C=CCCC6)n5)=CCC=C4)cc3)C=CC12. The molecule has 0 fully saturated rings. The molecular weight excluding hydrogens is 569 g/mol. The van der Waals surface area contributed by atoms with E-state index in [0.717, 1.165) is 54.0 Å². The molecule has 0 radical (unpaired) electrons. The Hall–Kier alpha value is -4.56. The monoisotopic (exact) mass is 612 g/mol. The average Bonchev–Trinajstić information content (AvgIpc) is 3.27. The normalized spacial score (nSPS) is 25.9. The molecule has 1 aromatic heterocycles. The van der Waals surface area contributed by atoms with Crippen LogP contribution in [0.3, 0.4) is 0 Å². The Morgan fingerprint density at radius 2 is 1.53 bits per heavy atom. The number of benzene rings is 2. The van der Waals surface area contributed by atoms with Crippen LogP contribution in [-0.2, 0) is 0 Å². The smallest absolute Gasteiger partial charge is 0.159 e. The summed E-state index contributed by atoms with van der Waals surface area (Å²) in [6.07, 6.45) is 32.6. The standard InChI is InChI=1S/C45H44N2/c1-44(2)38-20-12-13-21-39(38)45(3)30-37(26-27-42(44)45)32-24-22-31(23-25-32)35-18-10-11-19-36(28-35)43-46-40(33-14-6-4-7-15-33)29-41(47-43)34-16-8-5-9-17-34/h4,6-8,10,13-16,18-19,21-30,34,42H,5,9,11-12,17,20H2,1-3H3. The van der Waals surface area contributed by atoms with Crippen molar-refractivity contribution in [3.8, 4) is 11.3 Å². The maximum atomic E-state index is 5.20. The van der Waals surface area contributed by atoms with Crippen LogP contribution in [0, 0.1) is 16.7 Å². The van der Waals surface area contributed by atoms with Crippen molar-refractivity contribution < 1.29 is 0 Å². The molecule has 0 amide bonds. The summed E-state index contributed by atoms with van der Waals surface area (Å²) in [7, 11) is 0. The maximum Gasteiger partial charge on any atom is 0.159 e. The second-order valence-electron chi connectivity index (χ2n) is 14.6. The first-order chi connectivity index (χ1) is 22.9. The minimum atomic E-state index is 0.0330. The molecule has 0 spiro atoms. The minimum Gasteiger partial charge on any atom is -0.232 e. The highest BCUT2D eigenvalue weighted by Crippen LogP contribution is 2.63. The first-order valence-corrected chi connectivity index (χ1v) is 17.5. The molecule has 3 unspecified atom stereocenters. The maximum absolute atomic E-state index is 5.20. The van der Waals surface area contributed by atoms with E-state index >= 15 is 0 Å². The zero-order valence-corrected chi connectivity index (χ0v) is 27.9. The zero-order valence-electron chi connectivity index (χ0n) is 27.9. The molecule has 47 heavy (non-hydrogen) atoms. The number of nitrogens with zero attached hydrogens (tertiary/aromatic N) is 2. The van der Waals surface area contributed by atoms with E-state index < -0.39 is 0 Å². The lowest BCUT2D eigenvalue weighted by atomic mass is 9.64. The third-order valence-corrected chi connectivity index (χ3v) is 11.2. The van der Waals surface area contributed by atoms with Gasteiger partial charge in [-0.1, -0.05) is 142 Å². The van der Waals surface area contributed by atoms with Gasteiger partial charge in [-0.3, -0.25) is 0 Å². The summed E-state index contributed by atoms with van der Waals surface area (Å²) in [6.45, 7) is 7.35. The van der Waals surface area contributed by atoms with Crippen LogP contribution in [0.2, 0.25) is 0 Å². The highest BCUT2D eigenvalue weighted by Gasteiger charge is 2.53. The summed E-state index contributed by atoms with van der Waals surface area (Å²) >= 11 is 0. The average molecular weight is 613 g/mol. The predicted octanol–water partition coefficient (Wildman–Crippen LogP) is 11.7. The molecule has 2 heteroatoms. The molecule has 0 N–H and O–H groups in total. The van der Waals surface area contributed by atoms with Gasteiger partial charge >= 0.3 is 0 Å². The van der Waals surface area contributed by atoms with Crippen molar-refractivity contribution in [1.29, 1.82) is 0 Å². The van der Waals surface area contributed by atoms with Gasteiger partial charge in [-0.15, -0.1) is 0 Å². The minimum absolute atomic E-state index is 0.0330. The van der Waals surface area contributed by atoms with Crippen molar-refractivity contribution >= 4 is 16.7 Å². The fraction of sp³-hybridized carbons (Fsp3) is 0.289. The van der Waals surface area contributed by atoms with Crippen molar-refractivity contribution in [2.45, 2.75) is 65.2 Å². The summed E-state index contributed by atoms with van der Waals surface area (Å²) in [5.41, 5.74) is 12.7. The lowest BCUT2D eigenvalue weighted by molar-refractivity contribution is 0.245. The van der Waals surface area contributed by atoms with Crippen LogP contribution in [-0.4, -0.2) is 9.97 Å². The van der Waals surface area contributed by atoms with E-state index in [2.05, 4.69) is 148 Å². The summed E-state index contributed by atoms with van der Waals surface area (Å²) < 4.78 is 0. The largest absolute Gasteiger partial charge is 0.232 e. The Kier molecular flexibility index (Phi) is 7.55. The van der Waals surface area contributed by atoms with Crippen LogP contribution in [0.25, 0.3) is 28.0 Å². The predicted molar refractivity (Wildman–Crippen MR) is 197 cm³/mol. The van der Waals surface area contributed by atoms with Gasteiger partial charge in [0.2, 0.25) is 0 Å². The number of rotatable bonds is 5. The van der Waals surface area contributed by atoms with Crippen molar-refractivity contribution in [2.75, 3.05) is 0 Å². The molecule has 234 valence electrons. The molecule has 0 saturated carbocycles. The van der Waals surface area contributed by atoms with Gasteiger partial charge in [-0.05, 0) is 89.8 Å². The fourth-order valence-corrected chi connectivity index (χ4v) is 8.76. The van der Waals surface area contributed by atoms with E-state index in [4.69, 9.17) is 9.97 Å². The number of aromatic nitrogens is 2. The third kappa shape index (κ3) is 5.38. The van der Waals surface area contributed by atoms with Gasteiger partial charge in [0.25, 0.3) is 0 Å². The quantitative estimate of drug-likeness (QED) is 0.268. The van der Waals surface area contributed by atoms with Crippen LogP contribution in [0.5, 0.6) is 0 Å². The summed E-state index contributed by atoms with van der Waals surface area (Å²) in [5.74, 6) is 1.64. The number of fused-ring (bicyclic) bond motifs is 2. The van der Waals surface area contributed by atoms with Crippen molar-refractivity contribution in [3.63, 3.8) is 0 Å². The molecule has 8 rings (SSSR count). The van der Waals surface area contributed by atoms with E-state index in [1.165, 1.54) is 35.1 Å². The zero-order chi connectivity index (χ0) is 32.0. The number of allylic oxidation sites excluding steroid dienone is 16. The number of hydrogen-bond donors (Lipinski definition) is 0. The van der Waals surface area contributed by atoms with Gasteiger partial charge in [0.05, 0.1) is 11.4 Å². The Labute approximate surface area is 280 Å². The topological polar surface area (TPSA) is 25.8 Å². The van der Waals surface area contributed by atoms with Gasteiger partial charge in [-0.25, -0.2) is 9.97 Å². The van der Waals surface area contributed by atoms with Gasteiger partial charge in [0.15, 0.2) is 5.82 Å². The molecule has 0 aliphatic heterocycles. The molecule has 0 bridgehead atoms. The van der Waals surface area contributed by atoms with Gasteiger partial charge in [-0.2, -0.15) is 0 Å². The first kappa shape index (κ1) is 29.8. The Bertz CT molecular complexity index is 1960. The molecular formula is C45H44N2. The molecule has 2 aromatic carbocycles. The van der Waals surface area contributed by atoms with E-state index in [1.54, 1.807) is 11.1 Å². The Morgan fingerprint density at radius 1 is 0.723 bits per heavy atom. The van der Waals surface area contributed by atoms with Crippen LogP contribution in [0.15, 0.2) is 139 Å². The van der Waals surface area contributed by atoms with E-state index in [9.17, 15) is 0 Å². The van der Waals surface area contributed by atoms with Gasteiger partial charge in [0, 0.05) is 22.5 Å². The molecule has 0 saturated heterocycles. The lowest BCUT2D eigenvalue weighted by Crippen LogP contribution is -2.31. The second-order valence-corrected chi connectivity index (χ2v) is 14.6. The Balaban J connectivity index is 1.11. The second kappa shape index (κ2) is 11.9. The van der Waals surface area contributed by atoms with E-state index in [0.29, 0.717) is 11.8 Å². The molecule has 1 heterocycles. The van der Waals surface area contributed by atoms with Crippen LogP contribution in [0.4, 0.5) is 0 Å². The fourth-order valence-electron chi connectivity index (χ4n) is 8.76. The summed E-state index contributed by atoms with van der Waals surface area (Å²) in [4.78, 5) is 10.3. The molecule has 3 aromatic rings. The van der Waals surface area contributed by atoms with Crippen molar-refractivity contribution in [2.24, 2.45) is 16.7 Å². The molecule has 3 atom stereocenters. The van der Waals surface area contributed by atoms with Gasteiger partial charge in [0.1, 0.15) is 0 Å². The van der Waals surface area contributed by atoms with Gasteiger partial charge < -0.3 is 0 Å². The van der Waals surface area contributed by atoms with Crippen molar-refractivity contribution in [1.82, 2.24) is 9.97 Å². The van der Waals surface area contributed by atoms with Crippen LogP contribution >= 0.6 is 0 Å². The first-order valence-electron chi connectivity index (χ1n) is 17.5. The van der Waals surface area contributed by atoms with Crippen LogP contribution in [0.1, 0.15) is 87.9 Å². The van der Waals surface area contributed by atoms with Crippen molar-refractivity contribution in [3.05, 3.63) is 161 Å².